The molecule has 3 N–H and O–H groups in total. The van der Waals surface area contributed by atoms with E-state index in [4.69, 9.17) is 10.5 Å². The fraction of sp³-hybridized carbons (Fsp3) is 0.375. The van der Waals surface area contributed by atoms with Gasteiger partial charge in [-0.25, -0.2) is 0 Å². The number of methoxy groups -OCH3 is 1. The second-order valence-corrected chi connectivity index (χ2v) is 5.53. The highest BCUT2D eigenvalue weighted by atomic mass is 16.5. The Morgan fingerprint density at radius 1 is 1.16 bits per heavy atom. The van der Waals surface area contributed by atoms with Crippen molar-refractivity contribution in [3.05, 3.63) is 42.0 Å². The minimum Gasteiger partial charge on any atom is -0.496 e. The van der Waals surface area contributed by atoms with Crippen LogP contribution < -0.4 is 10.5 Å². The number of benzene rings is 2. The highest BCUT2D eigenvalue weighted by molar-refractivity contribution is 5.91. The molecule has 0 saturated heterocycles. The molecule has 0 spiro atoms. The smallest absolute Gasteiger partial charge is 0.126 e. The fourth-order valence-corrected chi connectivity index (χ4v) is 2.26. The number of rotatable bonds is 4. The van der Waals surface area contributed by atoms with Crippen molar-refractivity contribution < 1.29 is 9.84 Å². The van der Waals surface area contributed by atoms with E-state index in [1.165, 1.54) is 0 Å². The summed E-state index contributed by atoms with van der Waals surface area (Å²) in [6.07, 6.45) is 0. The first kappa shape index (κ1) is 13.8. The SMILES string of the molecule is COc1ccc([C@H](N)C(C)(C)CO)c2ccccc12. The highest BCUT2D eigenvalue weighted by Gasteiger charge is 2.28. The number of aliphatic hydroxyl groups excluding tert-OH is 1. The molecule has 0 aromatic heterocycles. The van der Waals surface area contributed by atoms with Gasteiger partial charge in [-0.05, 0) is 17.0 Å². The van der Waals surface area contributed by atoms with E-state index in [-0.39, 0.29) is 18.1 Å². The summed E-state index contributed by atoms with van der Waals surface area (Å²) in [4.78, 5) is 0. The molecule has 2 aromatic carbocycles. The summed E-state index contributed by atoms with van der Waals surface area (Å²) in [5.41, 5.74) is 7.01. The Morgan fingerprint density at radius 3 is 2.37 bits per heavy atom. The van der Waals surface area contributed by atoms with Crippen LogP contribution in [-0.2, 0) is 0 Å². The van der Waals surface area contributed by atoms with Crippen LogP contribution in [0.5, 0.6) is 5.75 Å². The van der Waals surface area contributed by atoms with E-state index in [2.05, 4.69) is 0 Å². The third-order valence-corrected chi connectivity index (χ3v) is 3.72. The summed E-state index contributed by atoms with van der Waals surface area (Å²) in [6.45, 7) is 3.99. The molecule has 0 amide bonds. The third kappa shape index (κ3) is 2.44. The van der Waals surface area contributed by atoms with Crippen molar-refractivity contribution in [2.75, 3.05) is 13.7 Å². The first-order chi connectivity index (χ1) is 9.01. The van der Waals surface area contributed by atoms with Crippen LogP contribution in [0.2, 0.25) is 0 Å². The van der Waals surface area contributed by atoms with Crippen LogP contribution in [0.1, 0.15) is 25.5 Å². The minimum atomic E-state index is -0.364. The molecule has 0 unspecified atom stereocenters. The first-order valence-corrected chi connectivity index (χ1v) is 6.43. The molecule has 0 aliphatic heterocycles. The second kappa shape index (κ2) is 5.19. The number of hydrogen-bond donors (Lipinski definition) is 2. The van der Waals surface area contributed by atoms with E-state index in [9.17, 15) is 5.11 Å². The molecule has 0 aliphatic carbocycles. The van der Waals surface area contributed by atoms with Crippen LogP contribution in [0.3, 0.4) is 0 Å². The maximum Gasteiger partial charge on any atom is 0.126 e. The van der Waals surface area contributed by atoms with Gasteiger partial charge in [-0.3, -0.25) is 0 Å². The lowest BCUT2D eigenvalue weighted by atomic mass is 9.80. The van der Waals surface area contributed by atoms with Crippen LogP contribution in [0.15, 0.2) is 36.4 Å². The largest absolute Gasteiger partial charge is 0.496 e. The molecule has 0 bridgehead atoms. The molecule has 102 valence electrons. The van der Waals surface area contributed by atoms with Gasteiger partial charge < -0.3 is 15.6 Å². The number of fused-ring (bicyclic) bond motifs is 1. The Morgan fingerprint density at radius 2 is 1.79 bits per heavy atom. The molecule has 2 rings (SSSR count). The Kier molecular flexibility index (Phi) is 3.78. The summed E-state index contributed by atoms with van der Waals surface area (Å²) < 4.78 is 5.38. The standard InChI is InChI=1S/C16H21NO2/c1-16(2,10-18)15(17)13-8-9-14(19-3)12-7-5-4-6-11(12)13/h4-9,15,18H,10,17H2,1-3H3/t15-/m0/s1. The van der Waals surface area contributed by atoms with Crippen molar-refractivity contribution in [1.82, 2.24) is 0 Å². The predicted molar refractivity (Wildman–Crippen MR) is 78.3 cm³/mol. The third-order valence-electron chi connectivity index (χ3n) is 3.72. The van der Waals surface area contributed by atoms with Gasteiger partial charge in [-0.15, -0.1) is 0 Å². The van der Waals surface area contributed by atoms with Crippen LogP contribution >= 0.6 is 0 Å². The van der Waals surface area contributed by atoms with E-state index < -0.39 is 0 Å². The van der Waals surface area contributed by atoms with Crippen molar-refractivity contribution in [1.29, 1.82) is 0 Å². The molecule has 0 aliphatic rings. The average Bonchev–Trinajstić information content (AvgIpc) is 2.45. The van der Waals surface area contributed by atoms with Gasteiger partial charge in [0.2, 0.25) is 0 Å². The van der Waals surface area contributed by atoms with Gasteiger partial charge in [0.05, 0.1) is 7.11 Å². The molecule has 0 fully saturated rings. The summed E-state index contributed by atoms with van der Waals surface area (Å²) >= 11 is 0. The zero-order valence-corrected chi connectivity index (χ0v) is 11.7. The van der Waals surface area contributed by atoms with Gasteiger partial charge in [-0.2, -0.15) is 0 Å². The molecular formula is C16H21NO2. The molecule has 3 heteroatoms. The maximum absolute atomic E-state index is 9.49. The van der Waals surface area contributed by atoms with E-state index in [0.29, 0.717) is 0 Å². The minimum absolute atomic E-state index is 0.0501. The van der Waals surface area contributed by atoms with E-state index in [1.54, 1.807) is 7.11 Å². The Hall–Kier alpha value is -1.58. The van der Waals surface area contributed by atoms with Crippen LogP contribution in [0.4, 0.5) is 0 Å². The second-order valence-electron chi connectivity index (χ2n) is 5.53. The fourth-order valence-electron chi connectivity index (χ4n) is 2.26. The van der Waals surface area contributed by atoms with Gasteiger partial charge >= 0.3 is 0 Å². The van der Waals surface area contributed by atoms with Crippen LogP contribution in [-0.4, -0.2) is 18.8 Å². The van der Waals surface area contributed by atoms with Crippen molar-refractivity contribution in [3.63, 3.8) is 0 Å². The lowest BCUT2D eigenvalue weighted by molar-refractivity contribution is 0.133. The van der Waals surface area contributed by atoms with Gasteiger partial charge in [-0.1, -0.05) is 44.2 Å². The monoisotopic (exact) mass is 259 g/mol. The molecule has 2 aromatic rings. The lowest BCUT2D eigenvalue weighted by Gasteiger charge is -2.30. The summed E-state index contributed by atoms with van der Waals surface area (Å²) in [5.74, 6) is 0.841. The van der Waals surface area contributed by atoms with Crippen LogP contribution in [0.25, 0.3) is 10.8 Å². The topological polar surface area (TPSA) is 55.5 Å². The Balaban J connectivity index is 2.63. The van der Waals surface area contributed by atoms with E-state index in [0.717, 1.165) is 22.1 Å². The summed E-state index contributed by atoms with van der Waals surface area (Å²) in [5, 5.41) is 11.6. The number of ether oxygens (including phenoxy) is 1. The molecule has 19 heavy (non-hydrogen) atoms. The normalized spacial score (nSPS) is 13.5. The van der Waals surface area contributed by atoms with Crippen LogP contribution in [0, 0.1) is 5.41 Å². The zero-order chi connectivity index (χ0) is 14.0. The molecular weight excluding hydrogens is 238 g/mol. The number of nitrogens with two attached hydrogens (primary N) is 1. The van der Waals surface area contributed by atoms with Gasteiger partial charge in [0.1, 0.15) is 5.75 Å². The van der Waals surface area contributed by atoms with Gasteiger partial charge in [0, 0.05) is 23.4 Å². The Bertz CT molecular complexity index is 578. The van der Waals surface area contributed by atoms with Crippen molar-refractivity contribution >= 4 is 10.8 Å². The lowest BCUT2D eigenvalue weighted by Crippen LogP contribution is -2.32. The van der Waals surface area contributed by atoms with E-state index in [1.807, 2.05) is 50.2 Å². The molecule has 0 heterocycles. The predicted octanol–water partition coefficient (Wildman–Crippen LogP) is 2.87. The van der Waals surface area contributed by atoms with Gasteiger partial charge in [0.15, 0.2) is 0 Å². The quantitative estimate of drug-likeness (QED) is 0.887. The van der Waals surface area contributed by atoms with Crippen molar-refractivity contribution in [2.24, 2.45) is 11.1 Å². The molecule has 0 radical (unpaired) electrons. The van der Waals surface area contributed by atoms with Crippen molar-refractivity contribution in [3.8, 4) is 5.75 Å². The summed E-state index contributed by atoms with van der Waals surface area (Å²) in [6, 6.07) is 11.7. The van der Waals surface area contributed by atoms with Gasteiger partial charge in [0.25, 0.3) is 0 Å². The number of hydrogen-bond acceptors (Lipinski definition) is 3. The molecule has 3 nitrogen and oxygen atoms in total. The van der Waals surface area contributed by atoms with E-state index >= 15 is 0 Å². The van der Waals surface area contributed by atoms with Crippen molar-refractivity contribution in [2.45, 2.75) is 19.9 Å². The molecule has 1 atom stereocenters. The Labute approximate surface area is 114 Å². The number of aliphatic hydroxyl groups is 1. The highest BCUT2D eigenvalue weighted by Crippen LogP contribution is 2.37. The first-order valence-electron chi connectivity index (χ1n) is 6.43. The molecule has 0 saturated carbocycles. The average molecular weight is 259 g/mol. The zero-order valence-electron chi connectivity index (χ0n) is 11.7. The maximum atomic E-state index is 9.49. The summed E-state index contributed by atoms with van der Waals surface area (Å²) in [7, 11) is 1.67.